The van der Waals surface area contributed by atoms with Gasteiger partial charge >= 0.3 is 0 Å². The Bertz CT molecular complexity index is 946. The highest BCUT2D eigenvalue weighted by molar-refractivity contribution is 7.91. The third kappa shape index (κ3) is 4.10. The number of sulfone groups is 1. The van der Waals surface area contributed by atoms with Gasteiger partial charge in [0, 0.05) is 18.6 Å². The third-order valence-corrected chi connectivity index (χ3v) is 5.39. The molecule has 0 radical (unpaired) electrons. The predicted molar refractivity (Wildman–Crippen MR) is 89.1 cm³/mol. The number of carbonyl (C=O) groups is 1. The highest BCUT2D eigenvalue weighted by Gasteiger charge is 2.21. The Labute approximate surface area is 148 Å². The van der Waals surface area contributed by atoms with Crippen LogP contribution < -0.4 is 14.8 Å². The van der Waals surface area contributed by atoms with E-state index in [9.17, 15) is 22.0 Å². The Morgan fingerprint density at radius 3 is 2.50 bits per heavy atom. The van der Waals surface area contributed by atoms with Gasteiger partial charge in [0.25, 0.3) is 0 Å². The van der Waals surface area contributed by atoms with Crippen LogP contribution in [0.4, 0.5) is 14.5 Å². The first-order valence-electron chi connectivity index (χ1n) is 7.72. The molecule has 0 aromatic heterocycles. The number of carbonyl (C=O) groups excluding carboxylic acids is 1. The number of halogens is 2. The number of fused-ring (bicyclic) bond motifs is 1. The van der Waals surface area contributed by atoms with Gasteiger partial charge in [-0.25, -0.2) is 17.2 Å². The molecule has 2 aromatic carbocycles. The molecule has 138 valence electrons. The van der Waals surface area contributed by atoms with E-state index in [0.717, 1.165) is 12.1 Å². The molecule has 0 aliphatic carbocycles. The molecule has 1 heterocycles. The van der Waals surface area contributed by atoms with Crippen molar-refractivity contribution in [2.75, 3.05) is 24.3 Å². The van der Waals surface area contributed by atoms with E-state index < -0.39 is 33.1 Å². The molecule has 9 heteroatoms. The molecule has 2 aromatic rings. The molecule has 1 amide bonds. The predicted octanol–water partition coefficient (Wildman–Crippen LogP) is 2.54. The quantitative estimate of drug-likeness (QED) is 0.858. The van der Waals surface area contributed by atoms with Gasteiger partial charge in [0.2, 0.25) is 5.91 Å². The van der Waals surface area contributed by atoms with Crippen molar-refractivity contribution in [2.45, 2.75) is 11.3 Å². The molecule has 0 unspecified atom stereocenters. The summed E-state index contributed by atoms with van der Waals surface area (Å²) in [5, 5.41) is 2.22. The normalized spacial score (nSPS) is 13.3. The van der Waals surface area contributed by atoms with Crippen LogP contribution in [-0.2, 0) is 14.6 Å². The number of hydrogen-bond acceptors (Lipinski definition) is 5. The Kier molecular flexibility index (Phi) is 5.08. The van der Waals surface area contributed by atoms with Crippen molar-refractivity contribution in [3.63, 3.8) is 0 Å². The van der Waals surface area contributed by atoms with Crippen molar-refractivity contribution in [3.8, 4) is 11.5 Å². The van der Waals surface area contributed by atoms with Gasteiger partial charge < -0.3 is 14.8 Å². The molecule has 6 nitrogen and oxygen atoms in total. The molecule has 0 atom stereocenters. The summed E-state index contributed by atoms with van der Waals surface area (Å²) in [4.78, 5) is 11.9. The second-order valence-electron chi connectivity index (χ2n) is 5.55. The average molecular weight is 383 g/mol. The number of rotatable bonds is 5. The fourth-order valence-corrected chi connectivity index (χ4v) is 3.62. The lowest BCUT2D eigenvalue weighted by Crippen LogP contribution is -2.19. The van der Waals surface area contributed by atoms with E-state index in [4.69, 9.17) is 9.47 Å². The number of anilines is 1. The Hall–Kier alpha value is -2.68. The third-order valence-electron chi connectivity index (χ3n) is 3.68. The Balaban J connectivity index is 1.65. The summed E-state index contributed by atoms with van der Waals surface area (Å²) >= 11 is 0. The van der Waals surface area contributed by atoms with Crippen molar-refractivity contribution in [1.82, 2.24) is 0 Å². The second kappa shape index (κ2) is 7.28. The number of nitrogens with one attached hydrogen (secondary N) is 1. The van der Waals surface area contributed by atoms with Gasteiger partial charge in [-0.3, -0.25) is 4.79 Å². The fourth-order valence-electron chi connectivity index (χ4n) is 2.37. The molecule has 0 bridgehead atoms. The summed E-state index contributed by atoms with van der Waals surface area (Å²) in [6.45, 7) is 0.710. The van der Waals surface area contributed by atoms with E-state index >= 15 is 0 Å². The number of hydrogen-bond donors (Lipinski definition) is 1. The number of amides is 1. The summed E-state index contributed by atoms with van der Waals surface area (Å²) in [6.07, 6.45) is -0.381. The molecule has 1 N–H and O–H groups in total. The topological polar surface area (TPSA) is 81.7 Å². The minimum absolute atomic E-state index is 0.00233. The van der Waals surface area contributed by atoms with Crippen molar-refractivity contribution < 1.29 is 31.5 Å². The molecular formula is C17H15F2NO5S. The van der Waals surface area contributed by atoms with Crippen molar-refractivity contribution >= 4 is 21.4 Å². The van der Waals surface area contributed by atoms with Gasteiger partial charge in [0.15, 0.2) is 21.3 Å². The SMILES string of the molecule is O=C(CCS(=O)(=O)c1ccc2c(c1)OCCO2)Nc1ccc(F)cc1F. The van der Waals surface area contributed by atoms with Crippen LogP contribution in [0.2, 0.25) is 0 Å². The van der Waals surface area contributed by atoms with Crippen molar-refractivity contribution in [3.05, 3.63) is 48.0 Å². The maximum absolute atomic E-state index is 13.5. The maximum Gasteiger partial charge on any atom is 0.225 e. The Morgan fingerprint density at radius 2 is 1.77 bits per heavy atom. The van der Waals surface area contributed by atoms with Crippen LogP contribution in [0.25, 0.3) is 0 Å². The highest BCUT2D eigenvalue weighted by atomic mass is 32.2. The zero-order valence-corrected chi connectivity index (χ0v) is 14.3. The van der Waals surface area contributed by atoms with Crippen LogP contribution in [0, 0.1) is 11.6 Å². The smallest absolute Gasteiger partial charge is 0.225 e. The van der Waals surface area contributed by atoms with Gasteiger partial charge in [-0.05, 0) is 24.3 Å². The van der Waals surface area contributed by atoms with Crippen molar-refractivity contribution in [1.29, 1.82) is 0 Å². The van der Waals surface area contributed by atoms with E-state index in [1.54, 1.807) is 0 Å². The van der Waals surface area contributed by atoms with Gasteiger partial charge in [-0.2, -0.15) is 0 Å². The van der Waals surface area contributed by atoms with Crippen LogP contribution in [0.5, 0.6) is 11.5 Å². The number of ether oxygens (including phenoxy) is 2. The van der Waals surface area contributed by atoms with E-state index in [1.807, 2.05) is 0 Å². The largest absolute Gasteiger partial charge is 0.486 e. The lowest BCUT2D eigenvalue weighted by atomic mass is 10.3. The molecule has 0 saturated heterocycles. The average Bonchev–Trinajstić information content (AvgIpc) is 2.62. The monoisotopic (exact) mass is 383 g/mol. The highest BCUT2D eigenvalue weighted by Crippen LogP contribution is 2.32. The first-order chi connectivity index (χ1) is 12.3. The molecular weight excluding hydrogens is 368 g/mol. The standard InChI is InChI=1S/C17H15F2NO5S/c18-11-1-3-14(13(19)9-11)20-17(21)5-8-26(22,23)12-2-4-15-16(10-12)25-7-6-24-15/h1-4,9-10H,5-8H2,(H,20,21). The summed E-state index contributed by atoms with van der Waals surface area (Å²) < 4.78 is 61.8. The molecule has 1 aliphatic heterocycles. The molecule has 26 heavy (non-hydrogen) atoms. The summed E-state index contributed by atoms with van der Waals surface area (Å²) in [6, 6.07) is 6.90. The minimum atomic E-state index is -3.75. The zero-order chi connectivity index (χ0) is 18.7. The second-order valence-corrected chi connectivity index (χ2v) is 7.66. The van der Waals surface area contributed by atoms with E-state index in [1.165, 1.54) is 18.2 Å². The fraction of sp³-hybridized carbons (Fsp3) is 0.235. The van der Waals surface area contributed by atoms with E-state index in [2.05, 4.69) is 5.32 Å². The minimum Gasteiger partial charge on any atom is -0.486 e. The van der Waals surface area contributed by atoms with Gasteiger partial charge in [-0.1, -0.05) is 0 Å². The van der Waals surface area contributed by atoms with E-state index in [0.29, 0.717) is 30.8 Å². The lowest BCUT2D eigenvalue weighted by molar-refractivity contribution is -0.115. The first kappa shape index (κ1) is 18.1. The molecule has 0 fully saturated rings. The lowest BCUT2D eigenvalue weighted by Gasteiger charge is -2.18. The van der Waals surface area contributed by atoms with Crippen LogP contribution in [-0.4, -0.2) is 33.3 Å². The summed E-state index contributed by atoms with van der Waals surface area (Å²) in [5.74, 6) is -2.09. The molecule has 1 aliphatic rings. The molecule has 0 saturated carbocycles. The van der Waals surface area contributed by atoms with Crippen LogP contribution in [0.1, 0.15) is 6.42 Å². The number of benzene rings is 2. The van der Waals surface area contributed by atoms with Gasteiger partial charge in [0.1, 0.15) is 24.8 Å². The Morgan fingerprint density at radius 1 is 1.04 bits per heavy atom. The first-order valence-corrected chi connectivity index (χ1v) is 9.38. The van der Waals surface area contributed by atoms with Crippen LogP contribution >= 0.6 is 0 Å². The summed E-state index contributed by atoms with van der Waals surface area (Å²) in [7, 11) is -3.75. The molecule has 3 rings (SSSR count). The maximum atomic E-state index is 13.5. The van der Waals surface area contributed by atoms with E-state index in [-0.39, 0.29) is 17.0 Å². The zero-order valence-electron chi connectivity index (χ0n) is 13.5. The molecule has 0 spiro atoms. The van der Waals surface area contributed by atoms with Gasteiger partial charge in [-0.15, -0.1) is 0 Å². The summed E-state index contributed by atoms with van der Waals surface area (Å²) in [5.41, 5.74) is -0.215. The van der Waals surface area contributed by atoms with Crippen LogP contribution in [0.3, 0.4) is 0 Å². The van der Waals surface area contributed by atoms with Gasteiger partial charge in [0.05, 0.1) is 16.3 Å². The van der Waals surface area contributed by atoms with Crippen LogP contribution in [0.15, 0.2) is 41.3 Å². The van der Waals surface area contributed by atoms with Crippen molar-refractivity contribution in [2.24, 2.45) is 0 Å².